The lowest BCUT2D eigenvalue weighted by Crippen LogP contribution is -2.06. The standard InChI is InChI=1S/C23H23NO4/c1-5-26-22-9-16(12-24)6-7-20(22)27-13-17-10-23(25)28-21-8-15(4)18(14(2)3)11-19(17)21/h6-11,14H,5,13H2,1-4H3. The Morgan fingerprint density at radius 3 is 2.57 bits per heavy atom. The van der Waals surface area contributed by atoms with Crippen molar-refractivity contribution in [3.8, 4) is 17.6 Å². The van der Waals surface area contributed by atoms with Crippen molar-refractivity contribution in [2.75, 3.05) is 6.61 Å². The van der Waals surface area contributed by atoms with Gasteiger partial charge in [-0.3, -0.25) is 0 Å². The maximum atomic E-state index is 12.0. The molecule has 5 heteroatoms. The van der Waals surface area contributed by atoms with Gasteiger partial charge >= 0.3 is 5.63 Å². The lowest BCUT2D eigenvalue weighted by atomic mass is 9.95. The minimum absolute atomic E-state index is 0.189. The Hall–Kier alpha value is -3.26. The molecule has 1 aromatic heterocycles. The van der Waals surface area contributed by atoms with Crippen LogP contribution in [0.2, 0.25) is 0 Å². The van der Waals surface area contributed by atoms with E-state index in [9.17, 15) is 4.79 Å². The van der Waals surface area contributed by atoms with Crippen LogP contribution in [0.4, 0.5) is 0 Å². The third-order valence-corrected chi connectivity index (χ3v) is 4.59. The van der Waals surface area contributed by atoms with Gasteiger partial charge < -0.3 is 13.9 Å². The normalized spacial score (nSPS) is 10.9. The predicted molar refractivity (Wildman–Crippen MR) is 108 cm³/mol. The first-order chi connectivity index (χ1) is 13.4. The molecule has 2 aromatic carbocycles. The third kappa shape index (κ3) is 4.01. The van der Waals surface area contributed by atoms with Crippen molar-refractivity contribution in [2.24, 2.45) is 0 Å². The summed E-state index contributed by atoms with van der Waals surface area (Å²) < 4.78 is 16.9. The molecule has 0 aliphatic rings. The monoisotopic (exact) mass is 377 g/mol. The number of hydrogen-bond donors (Lipinski definition) is 0. The van der Waals surface area contributed by atoms with Gasteiger partial charge in [0.15, 0.2) is 11.5 Å². The van der Waals surface area contributed by atoms with Crippen LogP contribution in [0.5, 0.6) is 11.5 Å². The largest absolute Gasteiger partial charge is 0.490 e. The first-order valence-electron chi connectivity index (χ1n) is 9.30. The SMILES string of the molecule is CCOc1cc(C#N)ccc1OCc1cc(=O)oc2cc(C)c(C(C)C)cc12. The van der Waals surface area contributed by atoms with Crippen LogP contribution >= 0.6 is 0 Å². The van der Waals surface area contributed by atoms with Crippen LogP contribution in [0.3, 0.4) is 0 Å². The van der Waals surface area contributed by atoms with E-state index in [1.54, 1.807) is 18.2 Å². The van der Waals surface area contributed by atoms with E-state index in [0.29, 0.717) is 35.2 Å². The molecule has 0 bridgehead atoms. The Bertz CT molecular complexity index is 1110. The molecule has 0 saturated heterocycles. The van der Waals surface area contributed by atoms with E-state index < -0.39 is 5.63 Å². The number of aryl methyl sites for hydroxylation is 1. The van der Waals surface area contributed by atoms with E-state index in [1.807, 2.05) is 19.9 Å². The molecule has 0 amide bonds. The maximum absolute atomic E-state index is 12.0. The van der Waals surface area contributed by atoms with Gasteiger partial charge in [0.05, 0.1) is 18.2 Å². The van der Waals surface area contributed by atoms with Crippen molar-refractivity contribution in [1.82, 2.24) is 0 Å². The van der Waals surface area contributed by atoms with Crippen LogP contribution in [-0.2, 0) is 6.61 Å². The van der Waals surface area contributed by atoms with Crippen LogP contribution in [0.1, 0.15) is 48.9 Å². The number of hydrogen-bond acceptors (Lipinski definition) is 5. The van der Waals surface area contributed by atoms with Crippen LogP contribution in [-0.4, -0.2) is 6.61 Å². The maximum Gasteiger partial charge on any atom is 0.336 e. The molecule has 0 radical (unpaired) electrons. The van der Waals surface area contributed by atoms with Crippen molar-refractivity contribution in [1.29, 1.82) is 5.26 Å². The molecule has 0 unspecified atom stereocenters. The van der Waals surface area contributed by atoms with Gasteiger partial charge in [-0.25, -0.2) is 4.79 Å². The van der Waals surface area contributed by atoms with E-state index in [4.69, 9.17) is 19.2 Å². The molecule has 3 aromatic rings. The summed E-state index contributed by atoms with van der Waals surface area (Å²) in [6.07, 6.45) is 0. The zero-order chi connectivity index (χ0) is 20.3. The van der Waals surface area contributed by atoms with Crippen molar-refractivity contribution in [3.05, 3.63) is 69.1 Å². The average molecular weight is 377 g/mol. The summed E-state index contributed by atoms with van der Waals surface area (Å²) in [4.78, 5) is 12.0. The molecule has 0 fully saturated rings. The smallest absolute Gasteiger partial charge is 0.336 e. The lowest BCUT2D eigenvalue weighted by Gasteiger charge is -2.15. The molecule has 0 saturated carbocycles. The molecule has 144 valence electrons. The highest BCUT2D eigenvalue weighted by Crippen LogP contribution is 2.31. The third-order valence-electron chi connectivity index (χ3n) is 4.59. The van der Waals surface area contributed by atoms with E-state index in [1.165, 1.54) is 11.6 Å². The van der Waals surface area contributed by atoms with Crippen molar-refractivity contribution >= 4 is 11.0 Å². The van der Waals surface area contributed by atoms with E-state index >= 15 is 0 Å². The Morgan fingerprint density at radius 2 is 1.89 bits per heavy atom. The van der Waals surface area contributed by atoms with Gasteiger partial charge in [0.2, 0.25) is 0 Å². The minimum Gasteiger partial charge on any atom is -0.490 e. The van der Waals surface area contributed by atoms with Gasteiger partial charge in [-0.1, -0.05) is 13.8 Å². The second kappa shape index (κ2) is 8.18. The number of benzene rings is 2. The van der Waals surface area contributed by atoms with Gasteiger partial charge in [-0.05, 0) is 55.2 Å². The van der Waals surface area contributed by atoms with Gasteiger partial charge in [-0.15, -0.1) is 0 Å². The molecule has 0 spiro atoms. The van der Waals surface area contributed by atoms with Gasteiger partial charge in [0.1, 0.15) is 12.2 Å². The fraction of sp³-hybridized carbons (Fsp3) is 0.304. The number of ether oxygens (including phenoxy) is 2. The molecule has 0 aliphatic carbocycles. The molecule has 28 heavy (non-hydrogen) atoms. The summed E-state index contributed by atoms with van der Waals surface area (Å²) in [5.74, 6) is 1.39. The fourth-order valence-electron chi connectivity index (χ4n) is 3.25. The highest BCUT2D eigenvalue weighted by molar-refractivity contribution is 5.82. The van der Waals surface area contributed by atoms with E-state index in [0.717, 1.165) is 16.5 Å². The second-order valence-corrected chi connectivity index (χ2v) is 6.95. The Morgan fingerprint density at radius 1 is 1.11 bits per heavy atom. The summed E-state index contributed by atoms with van der Waals surface area (Å²) in [5, 5.41) is 9.94. The summed E-state index contributed by atoms with van der Waals surface area (Å²) in [5.41, 5.74) is 3.69. The minimum atomic E-state index is -0.410. The van der Waals surface area contributed by atoms with Crippen LogP contribution in [0.15, 0.2) is 45.6 Å². The Balaban J connectivity index is 2.00. The zero-order valence-electron chi connectivity index (χ0n) is 16.5. The topological polar surface area (TPSA) is 72.5 Å². The molecular weight excluding hydrogens is 354 g/mol. The lowest BCUT2D eigenvalue weighted by molar-refractivity contribution is 0.269. The first kappa shape index (κ1) is 19.5. The summed E-state index contributed by atoms with van der Waals surface area (Å²) in [7, 11) is 0. The number of rotatable bonds is 6. The first-order valence-corrected chi connectivity index (χ1v) is 9.30. The molecule has 5 nitrogen and oxygen atoms in total. The van der Waals surface area contributed by atoms with Crippen molar-refractivity contribution in [3.63, 3.8) is 0 Å². The van der Waals surface area contributed by atoms with E-state index in [-0.39, 0.29) is 6.61 Å². The highest BCUT2D eigenvalue weighted by Gasteiger charge is 2.13. The summed E-state index contributed by atoms with van der Waals surface area (Å²) in [6.45, 7) is 8.80. The van der Waals surface area contributed by atoms with Crippen molar-refractivity contribution in [2.45, 2.75) is 40.2 Å². The van der Waals surface area contributed by atoms with E-state index in [2.05, 4.69) is 26.0 Å². The van der Waals surface area contributed by atoms with Gasteiger partial charge in [0.25, 0.3) is 0 Å². The molecule has 3 rings (SSSR count). The highest BCUT2D eigenvalue weighted by atomic mass is 16.5. The quantitative estimate of drug-likeness (QED) is 0.561. The average Bonchev–Trinajstić information content (AvgIpc) is 2.66. The van der Waals surface area contributed by atoms with Gasteiger partial charge in [-0.2, -0.15) is 5.26 Å². The van der Waals surface area contributed by atoms with Crippen molar-refractivity contribution < 1.29 is 13.9 Å². The van der Waals surface area contributed by atoms with Crippen LogP contribution in [0, 0.1) is 18.3 Å². The molecule has 0 N–H and O–H groups in total. The Kier molecular flexibility index (Phi) is 5.70. The zero-order valence-corrected chi connectivity index (χ0v) is 16.5. The fourth-order valence-corrected chi connectivity index (χ4v) is 3.25. The number of nitrogens with zero attached hydrogens (tertiary/aromatic N) is 1. The molecule has 1 heterocycles. The summed E-state index contributed by atoms with van der Waals surface area (Å²) in [6, 6.07) is 12.6. The molecular formula is C23H23NO4. The molecule has 0 atom stereocenters. The summed E-state index contributed by atoms with van der Waals surface area (Å²) >= 11 is 0. The Labute approximate surface area is 164 Å². The number of nitriles is 1. The molecule has 0 aliphatic heterocycles. The predicted octanol–water partition coefficient (Wildman–Crippen LogP) is 5.07. The second-order valence-electron chi connectivity index (χ2n) is 6.95. The van der Waals surface area contributed by atoms with Crippen LogP contribution < -0.4 is 15.1 Å². The number of fused-ring (bicyclic) bond motifs is 1. The van der Waals surface area contributed by atoms with Crippen LogP contribution in [0.25, 0.3) is 11.0 Å². The van der Waals surface area contributed by atoms with Gasteiger partial charge in [0, 0.05) is 23.1 Å².